The van der Waals surface area contributed by atoms with E-state index >= 15 is 0 Å². The largest absolute Gasteiger partial charge is 0.366 e. The number of carbonyl (C=O) groups is 2. The Hall–Kier alpha value is -1.18. The maximum absolute atomic E-state index is 11.9. The van der Waals surface area contributed by atoms with Crippen LogP contribution in [0.2, 0.25) is 0 Å². The first-order chi connectivity index (χ1) is 11.3. The van der Waals surface area contributed by atoms with E-state index in [2.05, 4.69) is 10.6 Å². The normalized spacial score (nSPS) is 12.6. The fourth-order valence-electron chi connectivity index (χ4n) is 1.90. The van der Waals surface area contributed by atoms with Crippen molar-refractivity contribution in [1.82, 2.24) is 15.5 Å². The summed E-state index contributed by atoms with van der Waals surface area (Å²) in [5.74, 6) is -0.200. The van der Waals surface area contributed by atoms with E-state index in [1.165, 1.54) is 0 Å². The van der Waals surface area contributed by atoms with Crippen LogP contribution in [0, 0.1) is 5.92 Å². The zero-order valence-electron chi connectivity index (χ0n) is 17.2. The minimum atomic E-state index is -0.346. The van der Waals surface area contributed by atoms with Crippen LogP contribution in [-0.4, -0.2) is 74.9 Å². The zero-order chi connectivity index (χ0) is 19.7. The molecule has 0 aliphatic heterocycles. The Morgan fingerprint density at radius 2 is 1.20 bits per heavy atom. The second-order valence-corrected chi connectivity index (χ2v) is 8.54. The van der Waals surface area contributed by atoms with Gasteiger partial charge in [0, 0.05) is 25.6 Å². The lowest BCUT2D eigenvalue weighted by Gasteiger charge is -2.24. The van der Waals surface area contributed by atoms with Crippen LogP contribution in [0.4, 0.5) is 0 Å². The Kier molecular flexibility index (Phi) is 10.2. The molecule has 0 aromatic rings. The first kappa shape index (κ1) is 23.8. The molecule has 0 spiro atoms. The number of nitrogens with zero attached hydrogens (tertiary/aromatic N) is 1. The highest BCUT2D eigenvalue weighted by molar-refractivity contribution is 5.77. The van der Waals surface area contributed by atoms with Crippen molar-refractivity contribution in [3.8, 4) is 0 Å². The number of carbonyl (C=O) groups excluding carboxylic acids is 2. The molecule has 0 saturated carbocycles. The van der Waals surface area contributed by atoms with Crippen molar-refractivity contribution in [3.63, 3.8) is 0 Å². The van der Waals surface area contributed by atoms with Crippen LogP contribution < -0.4 is 10.6 Å². The number of hydrogen-bond acceptors (Lipinski definition) is 5. The molecule has 2 amide bonds. The molecule has 148 valence electrons. The summed E-state index contributed by atoms with van der Waals surface area (Å²) in [6.07, 6.45) is 0. The maximum atomic E-state index is 11.9. The first-order valence-corrected chi connectivity index (χ1v) is 8.74. The second-order valence-electron chi connectivity index (χ2n) is 8.54. The molecule has 0 aromatic heterocycles. The smallest absolute Gasteiger partial charge is 0.246 e. The summed E-state index contributed by atoms with van der Waals surface area (Å²) in [6, 6.07) is 0. The molecule has 0 aliphatic carbocycles. The van der Waals surface area contributed by atoms with Crippen LogP contribution >= 0.6 is 0 Å². The lowest BCUT2D eigenvalue weighted by Crippen LogP contribution is -2.43. The molecule has 0 atom stereocenters. The fourth-order valence-corrected chi connectivity index (χ4v) is 1.90. The molecule has 0 bridgehead atoms. The molecule has 0 aromatic carbocycles. The average Bonchev–Trinajstić information content (AvgIpc) is 2.43. The Morgan fingerprint density at radius 3 is 1.48 bits per heavy atom. The van der Waals surface area contributed by atoms with Crippen LogP contribution in [0.3, 0.4) is 0 Å². The van der Waals surface area contributed by atoms with Crippen molar-refractivity contribution in [3.05, 3.63) is 0 Å². The van der Waals surface area contributed by atoms with Gasteiger partial charge in [0.25, 0.3) is 0 Å². The topological polar surface area (TPSA) is 79.9 Å². The third-order valence-electron chi connectivity index (χ3n) is 3.07. The van der Waals surface area contributed by atoms with E-state index in [1.54, 1.807) is 0 Å². The van der Waals surface area contributed by atoms with Crippen LogP contribution in [0.15, 0.2) is 0 Å². The molecule has 7 heteroatoms. The molecule has 0 unspecified atom stereocenters. The lowest BCUT2D eigenvalue weighted by atomic mass is 10.1. The maximum Gasteiger partial charge on any atom is 0.246 e. The Balaban J connectivity index is 4.28. The fraction of sp³-hybridized carbons (Fsp3) is 0.889. The number of rotatable bonds is 10. The number of amides is 2. The number of hydrogen-bond donors (Lipinski definition) is 2. The number of nitrogens with one attached hydrogen (secondary N) is 2. The first-order valence-electron chi connectivity index (χ1n) is 8.74. The van der Waals surface area contributed by atoms with Gasteiger partial charge in [-0.15, -0.1) is 0 Å². The number of ether oxygens (including phenoxy) is 2. The third-order valence-corrected chi connectivity index (χ3v) is 3.07. The summed E-state index contributed by atoms with van der Waals surface area (Å²) < 4.78 is 10.9. The third kappa shape index (κ3) is 16.1. The monoisotopic (exact) mass is 359 g/mol. The van der Waals surface area contributed by atoms with Crippen LogP contribution in [0.5, 0.6) is 0 Å². The van der Waals surface area contributed by atoms with Gasteiger partial charge in [-0.1, -0.05) is 0 Å². The van der Waals surface area contributed by atoms with E-state index in [-0.39, 0.29) is 42.1 Å². The molecule has 0 radical (unpaired) electrons. The Bertz CT molecular complexity index is 378. The van der Waals surface area contributed by atoms with Crippen molar-refractivity contribution in [2.24, 2.45) is 5.92 Å². The molecule has 0 heterocycles. The van der Waals surface area contributed by atoms with Crippen molar-refractivity contribution in [2.45, 2.75) is 52.7 Å². The van der Waals surface area contributed by atoms with E-state index in [0.717, 1.165) is 6.54 Å². The highest BCUT2D eigenvalue weighted by Crippen LogP contribution is 2.06. The van der Waals surface area contributed by atoms with E-state index < -0.39 is 0 Å². The van der Waals surface area contributed by atoms with E-state index in [4.69, 9.17) is 9.47 Å². The van der Waals surface area contributed by atoms with Crippen molar-refractivity contribution in [1.29, 1.82) is 0 Å². The second kappa shape index (κ2) is 10.7. The van der Waals surface area contributed by atoms with Gasteiger partial charge in [0.05, 0.1) is 11.2 Å². The summed E-state index contributed by atoms with van der Waals surface area (Å²) in [4.78, 5) is 25.8. The Morgan fingerprint density at radius 1 is 0.840 bits per heavy atom. The van der Waals surface area contributed by atoms with E-state index in [0.29, 0.717) is 13.1 Å². The standard InChI is InChI=1S/C18H37N3O4/c1-17(2,3)24-12-15(22)19-9-14(11-21(7)8)10-20-16(23)13-25-18(4,5)6/h14H,9-13H2,1-8H3,(H,19,22)(H,20,23). The summed E-state index contributed by atoms with van der Waals surface area (Å²) >= 11 is 0. The minimum Gasteiger partial charge on any atom is -0.366 e. The molecule has 0 fully saturated rings. The predicted octanol–water partition coefficient (Wildman–Crippen LogP) is 1.03. The average molecular weight is 360 g/mol. The molecule has 7 nitrogen and oxygen atoms in total. The SMILES string of the molecule is CN(C)CC(CNC(=O)COC(C)(C)C)CNC(=O)COC(C)(C)C. The minimum absolute atomic E-state index is 0.0317. The quantitative estimate of drug-likeness (QED) is 0.609. The summed E-state index contributed by atoms with van der Waals surface area (Å²) in [5, 5.41) is 5.74. The van der Waals surface area contributed by atoms with Gasteiger partial charge in [0.15, 0.2) is 0 Å². The lowest BCUT2D eigenvalue weighted by molar-refractivity contribution is -0.130. The molecule has 0 saturated heterocycles. The summed E-state index contributed by atoms with van der Waals surface area (Å²) in [6.45, 7) is 13.2. The predicted molar refractivity (Wildman–Crippen MR) is 99.5 cm³/mol. The Labute approximate surface area is 152 Å². The van der Waals surface area contributed by atoms with Gasteiger partial charge in [-0.3, -0.25) is 9.59 Å². The molecular formula is C18H37N3O4. The summed E-state index contributed by atoms with van der Waals surface area (Å²) in [5.41, 5.74) is -0.692. The highest BCUT2D eigenvalue weighted by Gasteiger charge is 2.17. The van der Waals surface area contributed by atoms with Gasteiger partial charge < -0.3 is 25.0 Å². The van der Waals surface area contributed by atoms with Gasteiger partial charge in [-0.05, 0) is 55.6 Å². The van der Waals surface area contributed by atoms with Gasteiger partial charge in [0.1, 0.15) is 13.2 Å². The van der Waals surface area contributed by atoms with Gasteiger partial charge >= 0.3 is 0 Å². The van der Waals surface area contributed by atoms with Gasteiger partial charge in [-0.25, -0.2) is 0 Å². The van der Waals surface area contributed by atoms with Crippen molar-refractivity contribution >= 4 is 11.8 Å². The summed E-state index contributed by atoms with van der Waals surface area (Å²) in [7, 11) is 3.92. The van der Waals surface area contributed by atoms with Crippen molar-refractivity contribution in [2.75, 3.05) is 46.9 Å². The van der Waals surface area contributed by atoms with Gasteiger partial charge in [-0.2, -0.15) is 0 Å². The van der Waals surface area contributed by atoms with Gasteiger partial charge in [0.2, 0.25) is 11.8 Å². The van der Waals surface area contributed by atoms with Crippen molar-refractivity contribution < 1.29 is 19.1 Å². The van der Waals surface area contributed by atoms with E-state index in [9.17, 15) is 9.59 Å². The highest BCUT2D eigenvalue weighted by atomic mass is 16.5. The van der Waals surface area contributed by atoms with E-state index in [1.807, 2.05) is 60.5 Å². The van der Waals surface area contributed by atoms with Crippen LogP contribution in [0.25, 0.3) is 0 Å². The molecule has 2 N–H and O–H groups in total. The van der Waals surface area contributed by atoms with Crippen LogP contribution in [0.1, 0.15) is 41.5 Å². The molecule has 0 aliphatic rings. The molecular weight excluding hydrogens is 322 g/mol. The molecule has 0 rings (SSSR count). The zero-order valence-corrected chi connectivity index (χ0v) is 17.2. The molecule has 25 heavy (non-hydrogen) atoms. The van der Waals surface area contributed by atoms with Crippen LogP contribution in [-0.2, 0) is 19.1 Å².